The zero-order valence-corrected chi connectivity index (χ0v) is 18.7. The molecular weight excluding hydrogens is 411 g/mol. The van der Waals surface area contributed by atoms with E-state index >= 15 is 0 Å². The first-order valence-electron chi connectivity index (χ1n) is 11.6. The van der Waals surface area contributed by atoms with Crippen LogP contribution in [0.3, 0.4) is 0 Å². The summed E-state index contributed by atoms with van der Waals surface area (Å²) >= 11 is 0. The van der Waals surface area contributed by atoms with Crippen molar-refractivity contribution >= 4 is 0 Å². The Morgan fingerprint density at radius 2 is 1.58 bits per heavy atom. The van der Waals surface area contributed by atoms with E-state index in [9.17, 15) is 4.39 Å². The van der Waals surface area contributed by atoms with E-state index in [1.54, 1.807) is 6.07 Å². The van der Waals surface area contributed by atoms with Crippen molar-refractivity contribution in [2.24, 2.45) is 0 Å². The third-order valence-corrected chi connectivity index (χ3v) is 7.19. The highest BCUT2D eigenvalue weighted by Gasteiger charge is 2.41. The van der Waals surface area contributed by atoms with Gasteiger partial charge in [0.25, 0.3) is 0 Å². The number of benzene rings is 3. The lowest BCUT2D eigenvalue weighted by Gasteiger charge is -2.31. The van der Waals surface area contributed by atoms with Crippen LogP contribution in [0.1, 0.15) is 12.0 Å². The molecule has 166 valence electrons. The average Bonchev–Trinajstić information content (AvgIpc) is 3.54. The monoisotopic (exact) mass is 438 g/mol. The lowest BCUT2D eigenvalue weighted by Crippen LogP contribution is -2.43. The average molecular weight is 439 g/mol. The van der Waals surface area contributed by atoms with Gasteiger partial charge in [-0.15, -0.1) is 0 Å². The second-order valence-electron chi connectivity index (χ2n) is 9.24. The van der Waals surface area contributed by atoms with Gasteiger partial charge in [0.2, 0.25) is 0 Å². The van der Waals surface area contributed by atoms with Gasteiger partial charge in [-0.05, 0) is 48.9 Å². The molecule has 1 aromatic heterocycles. The Morgan fingerprint density at radius 3 is 2.27 bits per heavy atom. The van der Waals surface area contributed by atoms with Crippen molar-refractivity contribution in [2.75, 3.05) is 20.1 Å². The molecule has 2 fully saturated rings. The van der Waals surface area contributed by atoms with Gasteiger partial charge >= 0.3 is 0 Å². The summed E-state index contributed by atoms with van der Waals surface area (Å²) in [4.78, 5) is 4.99. The molecule has 0 saturated carbocycles. The van der Waals surface area contributed by atoms with E-state index in [2.05, 4.69) is 53.2 Å². The number of nitrogens with zero attached hydrogens (tertiary/aromatic N) is 4. The maximum absolute atomic E-state index is 15.0. The number of piperazine rings is 1. The summed E-state index contributed by atoms with van der Waals surface area (Å²) in [6, 6.07) is 26.9. The topological polar surface area (TPSA) is 24.3 Å². The summed E-state index contributed by atoms with van der Waals surface area (Å²) in [5.41, 5.74) is 5.77. The number of rotatable bonds is 5. The quantitative estimate of drug-likeness (QED) is 0.426. The van der Waals surface area contributed by atoms with Gasteiger partial charge < -0.3 is 4.90 Å². The van der Waals surface area contributed by atoms with Crippen molar-refractivity contribution < 1.29 is 4.39 Å². The van der Waals surface area contributed by atoms with Gasteiger partial charge in [-0.1, -0.05) is 54.6 Å². The number of aromatic nitrogens is 2. The number of hydrogen-bond donors (Lipinski definition) is 0. The van der Waals surface area contributed by atoms with E-state index in [-0.39, 0.29) is 5.82 Å². The molecule has 2 aliphatic rings. The summed E-state index contributed by atoms with van der Waals surface area (Å²) in [5, 5.41) is 4.74. The fraction of sp³-hybridized carbons (Fsp3) is 0.250. The van der Waals surface area contributed by atoms with Crippen LogP contribution < -0.4 is 0 Å². The first-order valence-corrected chi connectivity index (χ1v) is 11.6. The van der Waals surface area contributed by atoms with Gasteiger partial charge in [0, 0.05) is 42.8 Å². The van der Waals surface area contributed by atoms with Crippen molar-refractivity contribution in [3.8, 4) is 28.1 Å². The summed E-state index contributed by atoms with van der Waals surface area (Å²) < 4.78 is 16.9. The normalized spacial score (nSPS) is 20.5. The molecule has 6 rings (SSSR count). The van der Waals surface area contributed by atoms with Crippen molar-refractivity contribution in [1.82, 2.24) is 19.6 Å². The molecule has 0 N–H and O–H groups in total. The molecule has 2 bridgehead atoms. The van der Waals surface area contributed by atoms with E-state index in [0.717, 1.165) is 42.1 Å². The Labute approximate surface area is 193 Å². The first kappa shape index (κ1) is 20.3. The predicted molar refractivity (Wildman–Crippen MR) is 130 cm³/mol. The standard InChI is InChI=1S/C28H27FN4/c1-31-18-25-15-24(31)19-32(25)17-22-16-30-33(28(22)26-9-5-6-10-27(26)29)23-13-11-21(12-14-23)20-7-3-2-4-8-20/h2-14,16,24-25H,15,17-19H2,1H3. The predicted octanol–water partition coefficient (Wildman–Crippen LogP) is 5.23. The molecule has 3 aromatic carbocycles. The molecule has 0 aliphatic carbocycles. The molecule has 2 unspecified atom stereocenters. The third kappa shape index (κ3) is 3.67. The van der Waals surface area contributed by atoms with Crippen LogP contribution in [0.25, 0.3) is 28.1 Å². The molecule has 0 radical (unpaired) electrons. The summed E-state index contributed by atoms with van der Waals surface area (Å²) in [7, 11) is 2.21. The molecule has 4 aromatic rings. The molecule has 2 atom stereocenters. The summed E-state index contributed by atoms with van der Waals surface area (Å²) in [6.45, 7) is 2.96. The zero-order valence-electron chi connectivity index (χ0n) is 18.7. The highest BCUT2D eigenvalue weighted by Crippen LogP contribution is 2.34. The van der Waals surface area contributed by atoms with Gasteiger partial charge in [0.1, 0.15) is 5.82 Å². The van der Waals surface area contributed by atoms with E-state index in [0.29, 0.717) is 17.6 Å². The van der Waals surface area contributed by atoms with Gasteiger partial charge in [-0.2, -0.15) is 5.10 Å². The van der Waals surface area contributed by atoms with Gasteiger partial charge in [-0.25, -0.2) is 9.07 Å². The minimum Gasteiger partial charge on any atom is -0.301 e. The van der Waals surface area contributed by atoms with Crippen molar-refractivity contribution in [3.63, 3.8) is 0 Å². The Kier molecular flexibility index (Phi) is 5.08. The molecule has 33 heavy (non-hydrogen) atoms. The van der Waals surface area contributed by atoms with Crippen molar-refractivity contribution in [3.05, 3.63) is 96.4 Å². The van der Waals surface area contributed by atoms with E-state index < -0.39 is 0 Å². The van der Waals surface area contributed by atoms with E-state index in [1.807, 2.05) is 41.2 Å². The number of likely N-dealkylation sites (N-methyl/N-ethyl adjacent to an activating group) is 1. The number of fused-ring (bicyclic) bond motifs is 2. The molecule has 0 amide bonds. The fourth-order valence-corrected chi connectivity index (χ4v) is 5.42. The van der Waals surface area contributed by atoms with Gasteiger partial charge in [0.15, 0.2) is 0 Å². The lowest BCUT2D eigenvalue weighted by molar-refractivity contribution is 0.143. The smallest absolute Gasteiger partial charge is 0.132 e. The SMILES string of the molecule is CN1CC2CC1CN2Cc1cnn(-c2ccc(-c3ccccc3)cc2)c1-c1ccccc1F. The van der Waals surface area contributed by atoms with Crippen LogP contribution in [0.5, 0.6) is 0 Å². The number of hydrogen-bond acceptors (Lipinski definition) is 3. The fourth-order valence-electron chi connectivity index (χ4n) is 5.42. The molecule has 0 spiro atoms. The second-order valence-corrected chi connectivity index (χ2v) is 9.24. The second kappa shape index (κ2) is 8.25. The van der Waals surface area contributed by atoms with Gasteiger partial charge in [-0.3, -0.25) is 4.90 Å². The van der Waals surface area contributed by atoms with Crippen LogP contribution in [-0.2, 0) is 6.54 Å². The zero-order chi connectivity index (χ0) is 22.4. The van der Waals surface area contributed by atoms with Crippen LogP contribution >= 0.6 is 0 Å². The van der Waals surface area contributed by atoms with Crippen LogP contribution in [0.15, 0.2) is 85.1 Å². The Balaban J connectivity index is 1.38. The number of halogens is 1. The molecule has 5 heteroatoms. The first-order chi connectivity index (χ1) is 16.2. The van der Waals surface area contributed by atoms with E-state index in [4.69, 9.17) is 5.10 Å². The van der Waals surface area contributed by atoms with Crippen LogP contribution in [0.4, 0.5) is 4.39 Å². The molecule has 2 aliphatic heterocycles. The van der Waals surface area contributed by atoms with Crippen molar-refractivity contribution in [1.29, 1.82) is 0 Å². The Hall–Kier alpha value is -3.28. The van der Waals surface area contributed by atoms with Crippen LogP contribution in [-0.4, -0.2) is 51.8 Å². The number of likely N-dealkylation sites (tertiary alicyclic amines) is 2. The highest BCUT2D eigenvalue weighted by molar-refractivity contribution is 5.68. The van der Waals surface area contributed by atoms with Gasteiger partial charge in [0.05, 0.1) is 17.6 Å². The van der Waals surface area contributed by atoms with E-state index in [1.165, 1.54) is 18.1 Å². The highest BCUT2D eigenvalue weighted by atomic mass is 19.1. The molecule has 3 heterocycles. The molecule has 4 nitrogen and oxygen atoms in total. The maximum Gasteiger partial charge on any atom is 0.132 e. The Morgan fingerprint density at radius 1 is 0.848 bits per heavy atom. The minimum absolute atomic E-state index is 0.218. The molecule has 2 saturated heterocycles. The van der Waals surface area contributed by atoms with Crippen LogP contribution in [0, 0.1) is 5.82 Å². The van der Waals surface area contributed by atoms with Crippen LogP contribution in [0.2, 0.25) is 0 Å². The largest absolute Gasteiger partial charge is 0.301 e. The summed E-state index contributed by atoms with van der Waals surface area (Å²) in [6.07, 6.45) is 3.14. The summed E-state index contributed by atoms with van der Waals surface area (Å²) in [5.74, 6) is -0.218. The van der Waals surface area contributed by atoms with Crippen molar-refractivity contribution in [2.45, 2.75) is 25.0 Å². The maximum atomic E-state index is 15.0. The Bertz CT molecular complexity index is 1260. The molecular formula is C28H27FN4. The third-order valence-electron chi connectivity index (χ3n) is 7.19. The minimum atomic E-state index is -0.218. The lowest BCUT2D eigenvalue weighted by atomic mass is 10.0.